The Morgan fingerprint density at radius 3 is 2.90 bits per heavy atom. The molecule has 1 aromatic carbocycles. The predicted octanol–water partition coefficient (Wildman–Crippen LogP) is 3.83. The fourth-order valence-corrected chi connectivity index (χ4v) is 3.12. The van der Waals surface area contributed by atoms with Crippen molar-refractivity contribution in [1.29, 1.82) is 0 Å². The Labute approximate surface area is 135 Å². The summed E-state index contributed by atoms with van der Waals surface area (Å²) in [5.41, 5.74) is 1.23. The summed E-state index contributed by atoms with van der Waals surface area (Å²) >= 11 is 3.55. The molecular weight excluding hydrogens is 330 g/mol. The van der Waals surface area contributed by atoms with Crippen LogP contribution in [0.25, 0.3) is 0 Å². The Morgan fingerprint density at radius 1 is 1.29 bits per heavy atom. The minimum Gasteiger partial charge on any atom is -0.376 e. The van der Waals surface area contributed by atoms with Gasteiger partial charge in [0.15, 0.2) is 0 Å². The van der Waals surface area contributed by atoms with Crippen LogP contribution in [0.2, 0.25) is 0 Å². The van der Waals surface area contributed by atoms with Crippen molar-refractivity contribution in [1.82, 2.24) is 5.32 Å². The van der Waals surface area contributed by atoms with Crippen molar-refractivity contribution in [2.24, 2.45) is 0 Å². The molecule has 2 unspecified atom stereocenters. The van der Waals surface area contributed by atoms with Crippen LogP contribution in [0.5, 0.6) is 0 Å². The van der Waals surface area contributed by atoms with Gasteiger partial charge in [-0.05, 0) is 49.8 Å². The second-order valence-electron chi connectivity index (χ2n) is 6.05. The van der Waals surface area contributed by atoms with Gasteiger partial charge in [0.2, 0.25) is 0 Å². The lowest BCUT2D eigenvalue weighted by molar-refractivity contribution is -0.0634. The van der Waals surface area contributed by atoms with Crippen molar-refractivity contribution >= 4 is 15.9 Å². The van der Waals surface area contributed by atoms with E-state index in [-0.39, 0.29) is 12.2 Å². The molecule has 116 valence electrons. The Bertz CT molecular complexity index is 444. The SMILES string of the molecule is Brc1cccc(C(CNC2CC2)OCC2CCCCO2)c1. The minimum atomic E-state index is 0.105. The van der Waals surface area contributed by atoms with Gasteiger partial charge in [-0.3, -0.25) is 0 Å². The number of halogens is 1. The normalized spacial score (nSPS) is 24.0. The van der Waals surface area contributed by atoms with Gasteiger partial charge in [0.1, 0.15) is 0 Å². The first-order valence-corrected chi connectivity index (χ1v) is 8.82. The first-order valence-electron chi connectivity index (χ1n) is 8.03. The van der Waals surface area contributed by atoms with Crippen LogP contribution in [-0.2, 0) is 9.47 Å². The summed E-state index contributed by atoms with van der Waals surface area (Å²) in [4.78, 5) is 0. The van der Waals surface area contributed by atoms with E-state index in [4.69, 9.17) is 9.47 Å². The van der Waals surface area contributed by atoms with Crippen LogP contribution in [0.3, 0.4) is 0 Å². The summed E-state index contributed by atoms with van der Waals surface area (Å²) in [6, 6.07) is 9.13. The van der Waals surface area contributed by atoms with Crippen molar-refractivity contribution in [2.75, 3.05) is 19.8 Å². The molecule has 1 saturated carbocycles. The first-order chi connectivity index (χ1) is 10.3. The Kier molecular flexibility index (Phi) is 5.69. The van der Waals surface area contributed by atoms with Gasteiger partial charge in [-0.1, -0.05) is 28.1 Å². The van der Waals surface area contributed by atoms with Gasteiger partial charge in [0.05, 0.1) is 18.8 Å². The molecule has 21 heavy (non-hydrogen) atoms. The van der Waals surface area contributed by atoms with Crippen molar-refractivity contribution in [3.05, 3.63) is 34.3 Å². The number of ether oxygens (including phenoxy) is 2. The molecule has 3 rings (SSSR count). The quantitative estimate of drug-likeness (QED) is 0.807. The van der Waals surface area contributed by atoms with E-state index in [0.717, 1.165) is 24.0 Å². The van der Waals surface area contributed by atoms with Gasteiger partial charge in [-0.2, -0.15) is 0 Å². The highest BCUT2D eigenvalue weighted by Gasteiger charge is 2.24. The van der Waals surface area contributed by atoms with Crippen LogP contribution >= 0.6 is 15.9 Å². The van der Waals surface area contributed by atoms with Crippen molar-refractivity contribution in [3.63, 3.8) is 0 Å². The zero-order chi connectivity index (χ0) is 14.5. The summed E-state index contributed by atoms with van der Waals surface area (Å²) in [6.45, 7) is 2.47. The third-order valence-electron chi connectivity index (χ3n) is 4.15. The molecule has 1 heterocycles. The smallest absolute Gasteiger partial charge is 0.0951 e. The average Bonchev–Trinajstić information content (AvgIpc) is 3.32. The lowest BCUT2D eigenvalue weighted by Gasteiger charge is -2.26. The minimum absolute atomic E-state index is 0.105. The number of rotatable bonds is 7. The second kappa shape index (κ2) is 7.73. The second-order valence-corrected chi connectivity index (χ2v) is 6.96. The van der Waals surface area contributed by atoms with E-state index in [0.29, 0.717) is 12.6 Å². The average molecular weight is 354 g/mol. The lowest BCUT2D eigenvalue weighted by Crippen LogP contribution is -2.30. The zero-order valence-corrected chi connectivity index (χ0v) is 14.0. The molecule has 0 amide bonds. The maximum atomic E-state index is 6.19. The van der Waals surface area contributed by atoms with E-state index in [1.165, 1.54) is 31.2 Å². The van der Waals surface area contributed by atoms with E-state index in [9.17, 15) is 0 Å². The monoisotopic (exact) mass is 353 g/mol. The van der Waals surface area contributed by atoms with Crippen LogP contribution in [0.4, 0.5) is 0 Å². The van der Waals surface area contributed by atoms with E-state index < -0.39 is 0 Å². The summed E-state index contributed by atoms with van der Waals surface area (Å²) in [5.74, 6) is 0. The van der Waals surface area contributed by atoms with E-state index in [2.05, 4.69) is 45.5 Å². The van der Waals surface area contributed by atoms with E-state index in [1.807, 2.05) is 0 Å². The largest absolute Gasteiger partial charge is 0.376 e. The molecule has 0 bridgehead atoms. The maximum absolute atomic E-state index is 6.19. The summed E-state index contributed by atoms with van der Waals surface area (Å²) < 4.78 is 13.1. The van der Waals surface area contributed by atoms with E-state index in [1.54, 1.807) is 0 Å². The van der Waals surface area contributed by atoms with E-state index >= 15 is 0 Å². The molecule has 1 aliphatic heterocycles. The fraction of sp³-hybridized carbons (Fsp3) is 0.647. The van der Waals surface area contributed by atoms with Crippen molar-refractivity contribution in [2.45, 2.75) is 50.4 Å². The summed E-state index contributed by atoms with van der Waals surface area (Å²) in [6.07, 6.45) is 6.56. The molecule has 0 radical (unpaired) electrons. The number of nitrogens with one attached hydrogen (secondary N) is 1. The standard InChI is InChI=1S/C17H24BrNO2/c18-14-5-3-4-13(10-14)17(11-19-15-7-8-15)21-12-16-6-1-2-9-20-16/h3-5,10,15-17,19H,1-2,6-9,11-12H2. The number of benzene rings is 1. The molecule has 1 saturated heterocycles. The topological polar surface area (TPSA) is 30.5 Å². The highest BCUT2D eigenvalue weighted by Crippen LogP contribution is 2.25. The van der Waals surface area contributed by atoms with Crippen LogP contribution in [0, 0.1) is 0 Å². The van der Waals surface area contributed by atoms with Gasteiger partial charge < -0.3 is 14.8 Å². The van der Waals surface area contributed by atoms with Crippen molar-refractivity contribution in [3.8, 4) is 0 Å². The molecular formula is C17H24BrNO2. The highest BCUT2D eigenvalue weighted by molar-refractivity contribution is 9.10. The molecule has 3 nitrogen and oxygen atoms in total. The Balaban J connectivity index is 1.57. The predicted molar refractivity (Wildman–Crippen MR) is 87.5 cm³/mol. The molecule has 2 fully saturated rings. The molecule has 2 aliphatic rings. The van der Waals surface area contributed by atoms with Crippen LogP contribution in [-0.4, -0.2) is 31.9 Å². The molecule has 1 N–H and O–H groups in total. The van der Waals surface area contributed by atoms with Crippen LogP contribution < -0.4 is 5.32 Å². The molecule has 4 heteroatoms. The van der Waals surface area contributed by atoms with Gasteiger partial charge in [0.25, 0.3) is 0 Å². The number of hydrogen-bond donors (Lipinski definition) is 1. The molecule has 2 atom stereocenters. The molecule has 1 aliphatic carbocycles. The van der Waals surface area contributed by atoms with Gasteiger partial charge >= 0.3 is 0 Å². The Morgan fingerprint density at radius 2 is 2.19 bits per heavy atom. The highest BCUT2D eigenvalue weighted by atomic mass is 79.9. The first kappa shape index (κ1) is 15.5. The summed E-state index contributed by atoms with van der Waals surface area (Å²) in [7, 11) is 0. The molecule has 0 spiro atoms. The number of hydrogen-bond acceptors (Lipinski definition) is 3. The van der Waals surface area contributed by atoms with Crippen LogP contribution in [0.15, 0.2) is 28.7 Å². The van der Waals surface area contributed by atoms with Crippen LogP contribution in [0.1, 0.15) is 43.8 Å². The van der Waals surface area contributed by atoms with Gasteiger partial charge in [0, 0.05) is 23.7 Å². The maximum Gasteiger partial charge on any atom is 0.0951 e. The third-order valence-corrected chi connectivity index (χ3v) is 4.64. The Hall–Kier alpha value is -0.420. The fourth-order valence-electron chi connectivity index (χ4n) is 2.70. The molecule has 1 aromatic rings. The summed E-state index contributed by atoms with van der Waals surface area (Å²) in [5, 5.41) is 3.58. The van der Waals surface area contributed by atoms with Crippen molar-refractivity contribution < 1.29 is 9.47 Å². The van der Waals surface area contributed by atoms with Gasteiger partial charge in [-0.15, -0.1) is 0 Å². The molecule has 0 aromatic heterocycles. The van der Waals surface area contributed by atoms with Gasteiger partial charge in [-0.25, -0.2) is 0 Å². The third kappa shape index (κ3) is 5.06. The zero-order valence-electron chi connectivity index (χ0n) is 12.4. The lowest BCUT2D eigenvalue weighted by atomic mass is 10.1.